The number of carboxylic acid groups (broad SMARTS) is 1. The number of nitrogens with two attached hydrogens (primary N) is 1. The molecule has 0 spiro atoms. The lowest BCUT2D eigenvalue weighted by atomic mass is 10.1. The van der Waals surface area contributed by atoms with Crippen LogP contribution in [-0.4, -0.2) is 129 Å². The molecular weight excluding hydrogens is 668 g/mol. The predicted molar refractivity (Wildman–Crippen MR) is 187 cm³/mol. The number of rotatable bonds is 28. The van der Waals surface area contributed by atoms with E-state index in [-0.39, 0.29) is 49.0 Å². The fraction of sp³-hybridized carbons (Fsp3) is 0.515. The lowest BCUT2D eigenvalue weighted by Crippen LogP contribution is -2.33. The number of carbonyl (C=O) groups excluding carboxylic acids is 1. The highest BCUT2D eigenvalue weighted by molar-refractivity contribution is 5.80. The van der Waals surface area contributed by atoms with Gasteiger partial charge in [0.25, 0.3) is 5.56 Å². The Morgan fingerprint density at radius 1 is 0.863 bits per heavy atom. The second-order valence-electron chi connectivity index (χ2n) is 10.7. The van der Waals surface area contributed by atoms with Crippen molar-refractivity contribution in [3.63, 3.8) is 0 Å². The molecule has 2 aromatic heterocycles. The molecule has 18 heteroatoms. The Morgan fingerprint density at radius 3 is 2.02 bits per heavy atom. The fourth-order valence-corrected chi connectivity index (χ4v) is 4.25. The largest absolute Gasteiger partial charge is 0.480 e. The number of hydrogen-bond donors (Lipinski definition) is 6. The monoisotopic (exact) mass is 714 g/mol. The van der Waals surface area contributed by atoms with Crippen molar-refractivity contribution < 1.29 is 43.1 Å². The van der Waals surface area contributed by atoms with E-state index in [2.05, 4.69) is 41.8 Å². The number of nitrogens with one attached hydrogen (secondary N) is 4. The van der Waals surface area contributed by atoms with E-state index in [1.807, 2.05) is 0 Å². The molecule has 1 atom stereocenters. The van der Waals surface area contributed by atoms with Crippen LogP contribution in [0.4, 0.5) is 17.3 Å². The van der Waals surface area contributed by atoms with Crippen LogP contribution in [0.15, 0.2) is 35.3 Å². The molecule has 0 aliphatic rings. The average Bonchev–Trinajstić information content (AvgIpc) is 3.12. The molecule has 18 nitrogen and oxygen atoms in total. The summed E-state index contributed by atoms with van der Waals surface area (Å²) in [5.74, 6) is 0.993. The Labute approximate surface area is 295 Å². The maximum absolute atomic E-state index is 12.3. The van der Waals surface area contributed by atoms with E-state index in [1.165, 1.54) is 6.20 Å². The number of aromatic amines is 1. The quantitative estimate of drug-likeness (QED) is 0.0440. The number of nitrogens with zero attached hydrogens (tertiary/aromatic N) is 3. The molecule has 0 fully saturated rings. The summed E-state index contributed by atoms with van der Waals surface area (Å²) in [6, 6.07) is 5.98. The fourth-order valence-electron chi connectivity index (χ4n) is 4.25. The van der Waals surface area contributed by atoms with E-state index < -0.39 is 17.6 Å². The second kappa shape index (κ2) is 24.3. The highest BCUT2D eigenvalue weighted by atomic mass is 16.6. The molecule has 0 unspecified atom stereocenters. The van der Waals surface area contributed by atoms with Gasteiger partial charge in [0.1, 0.15) is 12.6 Å². The van der Waals surface area contributed by atoms with Crippen molar-refractivity contribution in [1.82, 2.24) is 25.3 Å². The highest BCUT2D eigenvalue weighted by Gasteiger charge is 2.18. The smallest absolute Gasteiger partial charge is 0.326 e. The minimum Gasteiger partial charge on any atom is -0.480 e. The van der Waals surface area contributed by atoms with Crippen molar-refractivity contribution in [2.24, 2.45) is 0 Å². The van der Waals surface area contributed by atoms with Gasteiger partial charge in [0.2, 0.25) is 11.9 Å². The summed E-state index contributed by atoms with van der Waals surface area (Å²) in [7, 11) is 0. The van der Waals surface area contributed by atoms with Crippen LogP contribution in [0.5, 0.6) is 0 Å². The Kier molecular flexibility index (Phi) is 19.3. The normalized spacial score (nSPS) is 11.6. The van der Waals surface area contributed by atoms with Crippen molar-refractivity contribution >= 4 is 40.4 Å². The molecule has 1 amide bonds. The maximum atomic E-state index is 12.3. The van der Waals surface area contributed by atoms with Gasteiger partial charge in [-0.05, 0) is 30.7 Å². The molecule has 0 radical (unpaired) electrons. The lowest BCUT2D eigenvalue weighted by Gasteiger charge is -2.16. The van der Waals surface area contributed by atoms with Gasteiger partial charge in [0.15, 0.2) is 11.2 Å². The molecule has 0 saturated carbocycles. The van der Waals surface area contributed by atoms with Gasteiger partial charge in [0, 0.05) is 24.3 Å². The minimum atomic E-state index is -1.08. The van der Waals surface area contributed by atoms with Gasteiger partial charge >= 0.3 is 5.97 Å². The molecule has 51 heavy (non-hydrogen) atoms. The number of fused-ring (bicyclic) bond motifs is 1. The first kappa shape index (κ1) is 40.5. The Morgan fingerprint density at radius 2 is 1.43 bits per heavy atom. The van der Waals surface area contributed by atoms with Gasteiger partial charge in [0.05, 0.1) is 91.1 Å². The van der Waals surface area contributed by atoms with Crippen molar-refractivity contribution in [3.05, 3.63) is 46.5 Å². The van der Waals surface area contributed by atoms with Crippen LogP contribution >= 0.6 is 0 Å². The van der Waals surface area contributed by atoms with Crippen molar-refractivity contribution in [2.75, 3.05) is 102 Å². The van der Waals surface area contributed by atoms with Crippen LogP contribution in [0.25, 0.3) is 11.2 Å². The molecule has 3 aromatic rings. The number of hydrogen-bond acceptors (Lipinski definition) is 15. The topological polar surface area (TPSA) is 243 Å². The molecule has 7 N–H and O–H groups in total. The third-order valence-corrected chi connectivity index (χ3v) is 6.76. The van der Waals surface area contributed by atoms with Crippen LogP contribution in [-0.2, 0) is 44.6 Å². The number of benzene rings is 1. The van der Waals surface area contributed by atoms with E-state index in [0.717, 1.165) is 5.69 Å². The van der Waals surface area contributed by atoms with E-state index in [4.69, 9.17) is 40.6 Å². The third-order valence-electron chi connectivity index (χ3n) is 6.76. The predicted octanol–water partition coefficient (Wildman–Crippen LogP) is 0.402. The SMILES string of the molecule is C#CCOCCOCCOCCOCCOCCOCCNC(=O)CC[C@H](Nc1ccc(NCc2cnc3nc(N)[nH]c(=O)c3n2)cc1)C(=O)O. The van der Waals surface area contributed by atoms with Gasteiger partial charge in [-0.3, -0.25) is 14.6 Å². The first-order chi connectivity index (χ1) is 24.9. The summed E-state index contributed by atoms with van der Waals surface area (Å²) in [5.41, 5.74) is 7.12. The van der Waals surface area contributed by atoms with Crippen molar-refractivity contribution in [1.29, 1.82) is 0 Å². The zero-order chi connectivity index (χ0) is 36.5. The van der Waals surface area contributed by atoms with Crippen molar-refractivity contribution in [2.45, 2.75) is 25.4 Å². The highest BCUT2D eigenvalue weighted by Crippen LogP contribution is 2.17. The van der Waals surface area contributed by atoms with Crippen molar-refractivity contribution in [3.8, 4) is 12.3 Å². The van der Waals surface area contributed by atoms with Gasteiger partial charge in [-0.2, -0.15) is 4.98 Å². The Balaban J connectivity index is 1.17. The number of carbonyl (C=O) groups is 2. The first-order valence-corrected chi connectivity index (χ1v) is 16.4. The zero-order valence-electron chi connectivity index (χ0n) is 28.4. The second-order valence-corrected chi connectivity index (χ2v) is 10.7. The van der Waals surface area contributed by atoms with E-state index >= 15 is 0 Å². The number of ether oxygens (including phenoxy) is 6. The molecule has 3 rings (SSSR count). The average molecular weight is 715 g/mol. The Hall–Kier alpha value is -4.90. The summed E-state index contributed by atoms with van der Waals surface area (Å²) >= 11 is 0. The van der Waals surface area contributed by atoms with Crippen LogP contribution in [0.2, 0.25) is 0 Å². The molecule has 0 bridgehead atoms. The first-order valence-electron chi connectivity index (χ1n) is 16.4. The van der Waals surface area contributed by atoms with Crippen LogP contribution < -0.4 is 27.2 Å². The van der Waals surface area contributed by atoms with E-state index in [1.54, 1.807) is 24.3 Å². The van der Waals surface area contributed by atoms with Gasteiger partial charge in [-0.15, -0.1) is 6.42 Å². The summed E-state index contributed by atoms with van der Waals surface area (Å²) < 4.78 is 32.1. The maximum Gasteiger partial charge on any atom is 0.326 e. The molecule has 0 aliphatic carbocycles. The summed E-state index contributed by atoms with van der Waals surface area (Å²) in [6.45, 7) is 5.52. The standard InChI is InChI=1S/C33H46N8O10/c1-2-10-46-12-14-48-16-18-50-20-21-51-19-17-49-15-13-47-11-9-35-28(42)8-7-27(32(44)45)38-25-5-3-24(4-6-25)36-22-26-23-37-30-29(39-26)31(43)41-33(34)40-30/h1,3-6,23,27,36,38H,7-22H2,(H,35,42)(H,44,45)(H3,34,37,40,41,43)/t27-/m0/s1. The minimum absolute atomic E-state index is 0.0203. The third kappa shape index (κ3) is 17.0. The summed E-state index contributed by atoms with van der Waals surface area (Å²) in [4.78, 5) is 50.9. The number of amides is 1. The molecular formula is C33H46N8O10. The van der Waals surface area contributed by atoms with Gasteiger partial charge in [-0.1, -0.05) is 5.92 Å². The van der Waals surface area contributed by atoms with Crippen LogP contribution in [0.1, 0.15) is 18.5 Å². The number of aromatic nitrogens is 4. The number of nitrogen functional groups attached to an aromatic ring is 1. The summed E-state index contributed by atoms with van der Waals surface area (Å²) in [6.07, 6.45) is 6.68. The molecule has 2 heterocycles. The molecule has 278 valence electrons. The summed E-state index contributed by atoms with van der Waals surface area (Å²) in [5, 5.41) is 18.5. The Bertz CT molecular complexity index is 1570. The number of aliphatic carboxylic acids is 1. The zero-order valence-corrected chi connectivity index (χ0v) is 28.4. The molecule has 0 saturated heterocycles. The number of terminal acetylenes is 1. The van der Waals surface area contributed by atoms with Gasteiger partial charge in [-0.25, -0.2) is 14.8 Å². The molecule has 1 aromatic carbocycles. The molecule has 0 aliphatic heterocycles. The van der Waals surface area contributed by atoms with Crippen LogP contribution in [0, 0.1) is 12.3 Å². The number of H-pyrrole nitrogens is 1. The lowest BCUT2D eigenvalue weighted by molar-refractivity contribution is -0.138. The van der Waals surface area contributed by atoms with E-state index in [0.29, 0.717) is 90.6 Å². The number of anilines is 3. The van der Waals surface area contributed by atoms with Gasteiger partial charge < -0.3 is 55.2 Å². The number of carboxylic acids is 1. The van der Waals surface area contributed by atoms with E-state index in [9.17, 15) is 19.5 Å². The van der Waals surface area contributed by atoms with Crippen LogP contribution in [0.3, 0.4) is 0 Å².